The minimum atomic E-state index is -1.35. The topological polar surface area (TPSA) is 95.9 Å². The van der Waals surface area contributed by atoms with Crippen molar-refractivity contribution >= 4 is 18.0 Å². The normalized spacial score (nSPS) is 13.3. The van der Waals surface area contributed by atoms with E-state index in [1.807, 2.05) is 0 Å². The highest BCUT2D eigenvalue weighted by molar-refractivity contribution is 5.87. The molecule has 2 amide bonds. The lowest BCUT2D eigenvalue weighted by atomic mass is 10.00. The summed E-state index contributed by atoms with van der Waals surface area (Å²) in [7, 11) is 1.22. The van der Waals surface area contributed by atoms with Crippen molar-refractivity contribution in [2.75, 3.05) is 20.2 Å². The number of ether oxygens (including phenoxy) is 1. The molecule has 1 atom stereocenters. The monoisotopic (exact) mass is 260 g/mol. The molecule has 0 aliphatic heterocycles. The molecule has 2 N–H and O–H groups in total. The molecule has 7 nitrogen and oxygen atoms in total. The molecule has 0 aromatic rings. The van der Waals surface area contributed by atoms with Crippen molar-refractivity contribution in [3.8, 4) is 0 Å². The van der Waals surface area contributed by atoms with Crippen LogP contribution < -0.4 is 5.32 Å². The van der Waals surface area contributed by atoms with Gasteiger partial charge in [0.15, 0.2) is 0 Å². The summed E-state index contributed by atoms with van der Waals surface area (Å²) in [6.07, 6.45) is 0.240. The fraction of sp³-hybridized carbons (Fsp3) is 0.727. The van der Waals surface area contributed by atoms with E-state index in [4.69, 9.17) is 5.11 Å². The van der Waals surface area contributed by atoms with Crippen molar-refractivity contribution in [3.05, 3.63) is 0 Å². The molecule has 0 bridgehead atoms. The van der Waals surface area contributed by atoms with Crippen molar-refractivity contribution in [1.82, 2.24) is 10.2 Å². The Morgan fingerprint density at radius 3 is 2.22 bits per heavy atom. The van der Waals surface area contributed by atoms with E-state index >= 15 is 0 Å². The first-order valence-electron chi connectivity index (χ1n) is 5.68. The Balaban J connectivity index is 4.71. The van der Waals surface area contributed by atoms with Crippen LogP contribution in [0, 0.1) is 0 Å². The van der Waals surface area contributed by atoms with Gasteiger partial charge >= 0.3 is 18.0 Å². The first-order valence-corrected chi connectivity index (χ1v) is 5.68. The van der Waals surface area contributed by atoms with Crippen LogP contribution in [0.3, 0.4) is 0 Å². The van der Waals surface area contributed by atoms with Gasteiger partial charge in [-0.15, -0.1) is 0 Å². The minimum Gasteiger partial charge on any atom is -0.480 e. The summed E-state index contributed by atoms with van der Waals surface area (Å²) in [5.74, 6) is -1.67. The number of carboxylic acid groups (broad SMARTS) is 1. The third-order valence-corrected chi connectivity index (χ3v) is 2.78. The molecular weight excluding hydrogens is 240 g/mol. The summed E-state index contributed by atoms with van der Waals surface area (Å²) in [5.41, 5.74) is -1.35. The third-order valence-electron chi connectivity index (χ3n) is 2.78. The van der Waals surface area contributed by atoms with Crippen molar-refractivity contribution in [2.24, 2.45) is 0 Å². The van der Waals surface area contributed by atoms with Crippen molar-refractivity contribution in [1.29, 1.82) is 0 Å². The Morgan fingerprint density at radius 1 is 1.33 bits per heavy atom. The summed E-state index contributed by atoms with van der Waals surface area (Å²) in [6.45, 7) is 4.83. The maximum absolute atomic E-state index is 11.8. The molecule has 0 aromatic carbocycles. The predicted molar refractivity (Wildman–Crippen MR) is 64.1 cm³/mol. The van der Waals surface area contributed by atoms with Gasteiger partial charge in [-0.05, 0) is 20.3 Å². The summed E-state index contributed by atoms with van der Waals surface area (Å²) < 4.78 is 4.46. The maximum atomic E-state index is 11.8. The zero-order valence-corrected chi connectivity index (χ0v) is 11.1. The molecule has 1 unspecified atom stereocenters. The number of carboxylic acids is 1. The highest BCUT2D eigenvalue weighted by Gasteiger charge is 2.34. The number of esters is 1. The summed E-state index contributed by atoms with van der Waals surface area (Å²) in [5, 5.41) is 11.4. The van der Waals surface area contributed by atoms with Crippen molar-refractivity contribution in [3.63, 3.8) is 0 Å². The van der Waals surface area contributed by atoms with E-state index in [0.29, 0.717) is 0 Å². The number of urea groups is 1. The fourth-order valence-corrected chi connectivity index (χ4v) is 1.16. The van der Waals surface area contributed by atoms with Crippen LogP contribution in [0.1, 0.15) is 27.2 Å². The molecule has 18 heavy (non-hydrogen) atoms. The second kappa shape index (κ2) is 6.83. The highest BCUT2D eigenvalue weighted by Crippen LogP contribution is 2.10. The molecule has 0 heterocycles. The number of carbonyl (C=O) groups excluding carboxylic acids is 2. The first kappa shape index (κ1) is 16.2. The van der Waals surface area contributed by atoms with Crippen LogP contribution in [0.25, 0.3) is 0 Å². The smallest absolute Gasteiger partial charge is 0.329 e. The molecule has 0 radical (unpaired) electrons. The lowest BCUT2D eigenvalue weighted by Gasteiger charge is -2.28. The fourth-order valence-electron chi connectivity index (χ4n) is 1.16. The number of nitrogens with one attached hydrogen (secondary N) is 1. The van der Waals surface area contributed by atoms with Gasteiger partial charge < -0.3 is 20.1 Å². The molecule has 0 aromatic heterocycles. The standard InChI is InChI=1S/C11H20N2O5/c1-5-11(3,9(15)16)12-10(17)13(6-2)7-8(14)18-4/h5-7H2,1-4H3,(H,12,17)(H,15,16). The van der Waals surface area contributed by atoms with Gasteiger partial charge in [0.05, 0.1) is 7.11 Å². The minimum absolute atomic E-state index is 0.210. The second-order valence-corrected chi connectivity index (χ2v) is 4.01. The molecule has 0 spiro atoms. The quantitative estimate of drug-likeness (QED) is 0.676. The number of aliphatic carboxylic acids is 1. The van der Waals surface area contributed by atoms with Crippen LogP contribution in [0.15, 0.2) is 0 Å². The van der Waals surface area contributed by atoms with Crippen LogP contribution in [0.2, 0.25) is 0 Å². The number of nitrogens with zero attached hydrogens (tertiary/aromatic N) is 1. The van der Waals surface area contributed by atoms with E-state index in [2.05, 4.69) is 10.1 Å². The van der Waals surface area contributed by atoms with Crippen molar-refractivity contribution in [2.45, 2.75) is 32.7 Å². The van der Waals surface area contributed by atoms with E-state index in [-0.39, 0.29) is 19.5 Å². The molecule has 7 heteroatoms. The van der Waals surface area contributed by atoms with Gasteiger partial charge in [-0.3, -0.25) is 4.79 Å². The molecule has 0 rings (SSSR count). The zero-order valence-electron chi connectivity index (χ0n) is 11.1. The zero-order chi connectivity index (χ0) is 14.3. The third kappa shape index (κ3) is 4.23. The Bertz CT molecular complexity index is 331. The number of rotatable bonds is 6. The Labute approximate surface area is 106 Å². The van der Waals surface area contributed by atoms with Gasteiger partial charge in [0.1, 0.15) is 12.1 Å². The predicted octanol–water partition coefficient (Wildman–Crippen LogP) is 0.444. The molecule has 0 saturated carbocycles. The van der Waals surface area contributed by atoms with Crippen LogP contribution in [-0.2, 0) is 14.3 Å². The Hall–Kier alpha value is -1.79. The number of likely N-dealkylation sites (N-methyl/N-ethyl adjacent to an activating group) is 1. The summed E-state index contributed by atoms with van der Waals surface area (Å²) >= 11 is 0. The number of methoxy groups -OCH3 is 1. The van der Waals surface area contributed by atoms with Crippen LogP contribution in [-0.4, -0.2) is 53.7 Å². The number of carbonyl (C=O) groups is 3. The largest absolute Gasteiger partial charge is 0.480 e. The van der Waals surface area contributed by atoms with E-state index in [1.165, 1.54) is 18.9 Å². The molecule has 0 fully saturated rings. The number of hydrogen-bond acceptors (Lipinski definition) is 4. The Kier molecular flexibility index (Phi) is 6.15. The van der Waals surface area contributed by atoms with Gasteiger partial charge in [0.25, 0.3) is 0 Å². The lowest BCUT2D eigenvalue weighted by molar-refractivity contribution is -0.143. The molecular formula is C11H20N2O5. The van der Waals surface area contributed by atoms with E-state index in [9.17, 15) is 14.4 Å². The number of amides is 2. The van der Waals surface area contributed by atoms with Gasteiger partial charge in [0.2, 0.25) is 0 Å². The molecule has 0 saturated heterocycles. The first-order chi connectivity index (χ1) is 8.30. The molecule has 104 valence electrons. The van der Waals surface area contributed by atoms with Gasteiger partial charge in [-0.1, -0.05) is 6.92 Å². The highest BCUT2D eigenvalue weighted by atomic mass is 16.5. The average molecular weight is 260 g/mol. The van der Waals surface area contributed by atoms with E-state index < -0.39 is 23.5 Å². The van der Waals surface area contributed by atoms with E-state index in [1.54, 1.807) is 13.8 Å². The van der Waals surface area contributed by atoms with E-state index in [0.717, 1.165) is 0 Å². The molecule has 0 aliphatic carbocycles. The van der Waals surface area contributed by atoms with Gasteiger partial charge in [-0.2, -0.15) is 0 Å². The number of hydrogen-bond donors (Lipinski definition) is 2. The maximum Gasteiger partial charge on any atom is 0.329 e. The lowest BCUT2D eigenvalue weighted by Crippen LogP contribution is -2.56. The van der Waals surface area contributed by atoms with Gasteiger partial charge in [-0.25, -0.2) is 9.59 Å². The average Bonchev–Trinajstić information content (AvgIpc) is 2.34. The van der Waals surface area contributed by atoms with Crippen LogP contribution in [0.5, 0.6) is 0 Å². The van der Waals surface area contributed by atoms with Gasteiger partial charge in [0, 0.05) is 6.54 Å². The van der Waals surface area contributed by atoms with Crippen LogP contribution in [0.4, 0.5) is 4.79 Å². The summed E-state index contributed by atoms with van der Waals surface area (Å²) in [6, 6.07) is -0.602. The second-order valence-electron chi connectivity index (χ2n) is 4.01. The summed E-state index contributed by atoms with van der Waals surface area (Å²) in [4.78, 5) is 35.2. The Morgan fingerprint density at radius 2 is 1.89 bits per heavy atom. The SMILES string of the molecule is CCN(CC(=O)OC)C(=O)NC(C)(CC)C(=O)O. The van der Waals surface area contributed by atoms with Crippen molar-refractivity contribution < 1.29 is 24.2 Å². The molecule has 0 aliphatic rings. The van der Waals surface area contributed by atoms with Crippen LogP contribution >= 0.6 is 0 Å².